The maximum Gasteiger partial charge on any atom is 0.281 e. The van der Waals surface area contributed by atoms with Crippen molar-refractivity contribution in [2.45, 2.75) is 19.9 Å². The van der Waals surface area contributed by atoms with Gasteiger partial charge in [0.15, 0.2) is 4.80 Å². The van der Waals surface area contributed by atoms with Gasteiger partial charge in [-0.25, -0.2) is 0 Å². The van der Waals surface area contributed by atoms with Crippen molar-refractivity contribution in [2.75, 3.05) is 7.11 Å². The summed E-state index contributed by atoms with van der Waals surface area (Å²) in [5, 5.41) is 0.780. The van der Waals surface area contributed by atoms with Crippen LogP contribution in [0.5, 0.6) is 5.75 Å². The van der Waals surface area contributed by atoms with E-state index in [0.717, 1.165) is 28.9 Å². The van der Waals surface area contributed by atoms with Gasteiger partial charge in [0.2, 0.25) is 0 Å². The van der Waals surface area contributed by atoms with E-state index < -0.39 is 0 Å². The SMILES string of the molecule is CCCn1c(=NC(=O)c2ccc(Cl)cc2Cl)sc2cc(OC)ccc21. The van der Waals surface area contributed by atoms with Crippen LogP contribution in [0.4, 0.5) is 0 Å². The van der Waals surface area contributed by atoms with Crippen LogP contribution in [0.1, 0.15) is 23.7 Å². The van der Waals surface area contributed by atoms with E-state index in [0.29, 0.717) is 20.4 Å². The van der Waals surface area contributed by atoms with E-state index in [9.17, 15) is 4.79 Å². The first-order valence-electron chi connectivity index (χ1n) is 7.75. The highest BCUT2D eigenvalue weighted by Crippen LogP contribution is 2.24. The highest BCUT2D eigenvalue weighted by Gasteiger charge is 2.12. The predicted octanol–water partition coefficient (Wildman–Crippen LogP) is 5.17. The van der Waals surface area contributed by atoms with E-state index in [1.54, 1.807) is 25.3 Å². The number of carbonyl (C=O) groups excluding carboxylic acids is 1. The third-order valence-electron chi connectivity index (χ3n) is 3.70. The first-order valence-corrected chi connectivity index (χ1v) is 9.32. The lowest BCUT2D eigenvalue weighted by molar-refractivity contribution is 0.0998. The molecule has 0 N–H and O–H groups in total. The maximum absolute atomic E-state index is 12.6. The molecule has 130 valence electrons. The second-order valence-corrected chi connectivity index (χ2v) is 7.26. The molecular weight excluding hydrogens is 379 g/mol. The van der Waals surface area contributed by atoms with Gasteiger partial charge in [-0.1, -0.05) is 41.5 Å². The number of hydrogen-bond acceptors (Lipinski definition) is 3. The normalized spacial score (nSPS) is 11.9. The summed E-state index contributed by atoms with van der Waals surface area (Å²) in [6, 6.07) is 10.6. The van der Waals surface area contributed by atoms with Gasteiger partial charge in [-0.05, 0) is 42.8 Å². The molecule has 1 heterocycles. The molecule has 25 heavy (non-hydrogen) atoms. The fourth-order valence-electron chi connectivity index (χ4n) is 2.52. The number of amides is 1. The number of benzene rings is 2. The molecule has 0 unspecified atom stereocenters. The van der Waals surface area contributed by atoms with Crippen molar-refractivity contribution >= 4 is 50.7 Å². The van der Waals surface area contributed by atoms with E-state index in [-0.39, 0.29) is 5.91 Å². The summed E-state index contributed by atoms with van der Waals surface area (Å²) >= 11 is 13.5. The Morgan fingerprint density at radius 1 is 1.24 bits per heavy atom. The third kappa shape index (κ3) is 3.73. The third-order valence-corrected chi connectivity index (χ3v) is 5.28. The number of aryl methyl sites for hydroxylation is 1. The highest BCUT2D eigenvalue weighted by atomic mass is 35.5. The van der Waals surface area contributed by atoms with Gasteiger partial charge < -0.3 is 9.30 Å². The first-order chi connectivity index (χ1) is 12.0. The van der Waals surface area contributed by atoms with Crippen molar-refractivity contribution in [2.24, 2.45) is 4.99 Å². The van der Waals surface area contributed by atoms with Crippen LogP contribution in [0.2, 0.25) is 10.0 Å². The maximum atomic E-state index is 12.6. The smallest absolute Gasteiger partial charge is 0.281 e. The summed E-state index contributed by atoms with van der Waals surface area (Å²) < 4.78 is 8.34. The number of hydrogen-bond donors (Lipinski definition) is 0. The van der Waals surface area contributed by atoms with Crippen LogP contribution in [0, 0.1) is 0 Å². The standard InChI is InChI=1S/C18H16Cl2N2O2S/c1-3-8-22-15-7-5-12(24-2)10-16(15)25-18(22)21-17(23)13-6-4-11(19)9-14(13)20/h4-7,9-10H,3,8H2,1-2H3. The van der Waals surface area contributed by atoms with Crippen molar-refractivity contribution in [3.63, 3.8) is 0 Å². The average Bonchev–Trinajstić information content (AvgIpc) is 2.91. The van der Waals surface area contributed by atoms with Gasteiger partial charge in [0, 0.05) is 11.6 Å². The summed E-state index contributed by atoms with van der Waals surface area (Å²) in [4.78, 5) is 17.5. The minimum Gasteiger partial charge on any atom is -0.497 e. The van der Waals surface area contributed by atoms with Crippen molar-refractivity contribution in [1.29, 1.82) is 0 Å². The number of nitrogens with zero attached hydrogens (tertiary/aromatic N) is 2. The molecule has 3 rings (SSSR count). The van der Waals surface area contributed by atoms with Crippen LogP contribution in [0.25, 0.3) is 10.2 Å². The number of rotatable bonds is 4. The van der Waals surface area contributed by atoms with E-state index in [1.807, 2.05) is 22.8 Å². The minimum absolute atomic E-state index is 0.297. The van der Waals surface area contributed by atoms with Crippen LogP contribution in [0.3, 0.4) is 0 Å². The Hall–Kier alpha value is -1.82. The highest BCUT2D eigenvalue weighted by molar-refractivity contribution is 7.16. The fraction of sp³-hybridized carbons (Fsp3) is 0.222. The molecule has 2 aromatic carbocycles. The second kappa shape index (κ2) is 7.60. The molecule has 3 aromatic rings. The van der Waals surface area contributed by atoms with Crippen molar-refractivity contribution < 1.29 is 9.53 Å². The zero-order chi connectivity index (χ0) is 18.0. The van der Waals surface area contributed by atoms with Crippen molar-refractivity contribution in [1.82, 2.24) is 4.57 Å². The molecule has 1 aromatic heterocycles. The van der Waals surface area contributed by atoms with Crippen molar-refractivity contribution in [3.8, 4) is 5.75 Å². The quantitative estimate of drug-likeness (QED) is 0.612. The summed E-state index contributed by atoms with van der Waals surface area (Å²) in [5.41, 5.74) is 1.37. The summed E-state index contributed by atoms with van der Waals surface area (Å²) in [5.74, 6) is 0.390. The molecular formula is C18H16Cl2N2O2S. The van der Waals surface area contributed by atoms with Crippen molar-refractivity contribution in [3.05, 3.63) is 56.8 Å². The van der Waals surface area contributed by atoms with Gasteiger partial charge in [-0.2, -0.15) is 4.99 Å². The molecule has 1 amide bonds. The molecule has 7 heteroatoms. The van der Waals surface area contributed by atoms with E-state index in [1.165, 1.54) is 11.3 Å². The van der Waals surface area contributed by atoms with Gasteiger partial charge in [0.05, 0.1) is 27.9 Å². The van der Waals surface area contributed by atoms with E-state index >= 15 is 0 Å². The number of halogens is 2. The van der Waals surface area contributed by atoms with Crippen LogP contribution >= 0.6 is 34.5 Å². The molecule has 0 atom stereocenters. The number of fused-ring (bicyclic) bond motifs is 1. The van der Waals surface area contributed by atoms with Crippen LogP contribution in [-0.2, 0) is 6.54 Å². The summed E-state index contributed by atoms with van der Waals surface area (Å²) in [6.45, 7) is 2.86. The predicted molar refractivity (Wildman–Crippen MR) is 103 cm³/mol. The number of ether oxygens (including phenoxy) is 1. The van der Waals surface area contributed by atoms with Gasteiger partial charge in [-0.15, -0.1) is 0 Å². The number of thiazole rings is 1. The molecule has 0 radical (unpaired) electrons. The lowest BCUT2D eigenvalue weighted by atomic mass is 10.2. The molecule has 0 saturated heterocycles. The van der Waals surface area contributed by atoms with Crippen LogP contribution in [0.15, 0.2) is 41.4 Å². The zero-order valence-corrected chi connectivity index (χ0v) is 16.1. The first kappa shape index (κ1) is 18.0. The molecule has 0 aliphatic carbocycles. The Morgan fingerprint density at radius 3 is 2.72 bits per heavy atom. The Labute approximate surface area is 159 Å². The molecule has 0 bridgehead atoms. The van der Waals surface area contributed by atoms with Gasteiger partial charge in [0.25, 0.3) is 5.91 Å². The molecule has 0 aliphatic rings. The second-order valence-electron chi connectivity index (χ2n) is 5.41. The minimum atomic E-state index is -0.384. The summed E-state index contributed by atoms with van der Waals surface area (Å²) in [6.07, 6.45) is 0.931. The number of methoxy groups -OCH3 is 1. The molecule has 0 spiro atoms. The lowest BCUT2D eigenvalue weighted by Crippen LogP contribution is -2.17. The fourth-order valence-corrected chi connectivity index (χ4v) is 4.09. The van der Waals surface area contributed by atoms with Gasteiger partial charge in [0.1, 0.15) is 5.75 Å². The Kier molecular flexibility index (Phi) is 5.47. The van der Waals surface area contributed by atoms with E-state index in [2.05, 4.69) is 11.9 Å². The summed E-state index contributed by atoms with van der Waals surface area (Å²) in [7, 11) is 1.63. The largest absolute Gasteiger partial charge is 0.497 e. The van der Waals surface area contributed by atoms with E-state index in [4.69, 9.17) is 27.9 Å². The number of aromatic nitrogens is 1. The topological polar surface area (TPSA) is 43.6 Å². The number of carbonyl (C=O) groups is 1. The van der Waals surface area contributed by atoms with Crippen LogP contribution in [-0.4, -0.2) is 17.6 Å². The Morgan fingerprint density at radius 2 is 2.04 bits per heavy atom. The average molecular weight is 395 g/mol. The Bertz CT molecular complexity index is 1010. The molecule has 0 fully saturated rings. The van der Waals surface area contributed by atoms with Gasteiger partial charge in [-0.3, -0.25) is 4.79 Å². The Balaban J connectivity index is 2.14. The molecule has 0 aliphatic heterocycles. The van der Waals surface area contributed by atoms with Gasteiger partial charge >= 0.3 is 0 Å². The monoisotopic (exact) mass is 394 g/mol. The molecule has 0 saturated carbocycles. The zero-order valence-electron chi connectivity index (χ0n) is 13.8. The lowest BCUT2D eigenvalue weighted by Gasteiger charge is -2.04. The van der Waals surface area contributed by atoms with Crippen LogP contribution < -0.4 is 9.54 Å². The molecule has 4 nitrogen and oxygen atoms in total.